The molecule has 0 aromatic heterocycles. The zero-order chi connectivity index (χ0) is 19.4. The molecule has 2 atom stereocenters. The molecular formula is C20H20F3NO3. The summed E-state index contributed by atoms with van der Waals surface area (Å²) in [5.41, 5.74) is 2.19. The molecule has 2 aromatic carbocycles. The van der Waals surface area contributed by atoms with Crippen LogP contribution in [0.5, 0.6) is 5.75 Å². The number of hydrogen-bond acceptors (Lipinski definition) is 4. The quantitative estimate of drug-likeness (QED) is 0.753. The normalized spacial score (nSPS) is 17.9. The van der Waals surface area contributed by atoms with E-state index in [0.29, 0.717) is 13.0 Å². The smallest absolute Gasteiger partial charge is 0.405 e. The van der Waals surface area contributed by atoms with E-state index < -0.39 is 24.0 Å². The monoisotopic (exact) mass is 379 g/mol. The summed E-state index contributed by atoms with van der Waals surface area (Å²) in [6, 6.07) is 13.0. The minimum absolute atomic E-state index is 0.0702. The molecule has 3 rings (SSSR count). The number of halogens is 3. The number of para-hydroxylation sites is 1. The zero-order valence-electron chi connectivity index (χ0n) is 14.5. The summed E-state index contributed by atoms with van der Waals surface area (Å²) in [6.45, 7) is 0.633. The highest BCUT2D eigenvalue weighted by Gasteiger charge is 2.33. The molecular weight excluding hydrogens is 359 g/mol. The second-order valence-corrected chi connectivity index (χ2v) is 6.53. The molecule has 1 heterocycles. The Labute approximate surface area is 155 Å². The van der Waals surface area contributed by atoms with Crippen molar-refractivity contribution in [2.24, 2.45) is 0 Å². The first-order valence-corrected chi connectivity index (χ1v) is 8.69. The van der Waals surface area contributed by atoms with Crippen LogP contribution in [0.25, 0.3) is 0 Å². The highest BCUT2D eigenvalue weighted by molar-refractivity contribution is 5.98. The summed E-state index contributed by atoms with van der Waals surface area (Å²) in [4.78, 5) is 12.4. The van der Waals surface area contributed by atoms with Crippen LogP contribution in [-0.4, -0.2) is 29.4 Å². The Bertz CT molecular complexity index is 807. The molecule has 4 nitrogen and oxygen atoms in total. The summed E-state index contributed by atoms with van der Waals surface area (Å²) >= 11 is 0. The Hall–Kier alpha value is -2.38. The van der Waals surface area contributed by atoms with Gasteiger partial charge in [0.1, 0.15) is 5.75 Å². The minimum Gasteiger partial charge on any atom is -0.405 e. The number of rotatable bonds is 6. The highest BCUT2D eigenvalue weighted by Crippen LogP contribution is 2.28. The van der Waals surface area contributed by atoms with Gasteiger partial charge in [-0.05, 0) is 36.1 Å². The third kappa shape index (κ3) is 5.08. The van der Waals surface area contributed by atoms with Gasteiger partial charge in [-0.15, -0.1) is 13.2 Å². The van der Waals surface area contributed by atoms with Gasteiger partial charge in [-0.3, -0.25) is 4.79 Å². The third-order valence-electron chi connectivity index (χ3n) is 4.66. The summed E-state index contributed by atoms with van der Waals surface area (Å²) in [5.74, 6) is -1.01. The molecule has 0 unspecified atom stereocenters. The maximum Gasteiger partial charge on any atom is 0.573 e. The maximum atomic E-state index is 12.5. The van der Waals surface area contributed by atoms with Gasteiger partial charge in [-0.25, -0.2) is 0 Å². The number of aliphatic hydroxyl groups is 1. The van der Waals surface area contributed by atoms with Gasteiger partial charge >= 0.3 is 6.36 Å². The number of fused-ring (bicyclic) bond motifs is 1. The van der Waals surface area contributed by atoms with Crippen LogP contribution in [0.2, 0.25) is 0 Å². The van der Waals surface area contributed by atoms with Crippen LogP contribution in [0.3, 0.4) is 0 Å². The lowest BCUT2D eigenvalue weighted by molar-refractivity contribution is -0.274. The predicted molar refractivity (Wildman–Crippen MR) is 93.5 cm³/mol. The van der Waals surface area contributed by atoms with Gasteiger partial charge in [0.2, 0.25) is 0 Å². The Kier molecular flexibility index (Phi) is 5.82. The fourth-order valence-electron chi connectivity index (χ4n) is 3.28. The van der Waals surface area contributed by atoms with E-state index in [1.165, 1.54) is 23.8 Å². The molecule has 144 valence electrons. The van der Waals surface area contributed by atoms with E-state index >= 15 is 0 Å². The molecule has 0 radical (unpaired) electrons. The number of aliphatic hydroxyl groups excluding tert-OH is 1. The first kappa shape index (κ1) is 19.4. The Balaban J connectivity index is 1.60. The molecule has 27 heavy (non-hydrogen) atoms. The second kappa shape index (κ2) is 8.10. The molecule has 0 saturated heterocycles. The molecule has 0 spiro atoms. The number of ketones is 1. The third-order valence-corrected chi connectivity index (χ3v) is 4.66. The molecule has 0 bridgehead atoms. The van der Waals surface area contributed by atoms with Crippen LogP contribution in [-0.2, 0) is 13.0 Å². The lowest BCUT2D eigenvalue weighted by Crippen LogP contribution is -2.44. The number of carbonyl (C=O) groups excluding carboxylic acids is 1. The number of alkyl halides is 3. The molecule has 2 N–H and O–H groups in total. The molecule has 7 heteroatoms. The first-order chi connectivity index (χ1) is 12.8. The number of hydrogen-bond donors (Lipinski definition) is 2. The van der Waals surface area contributed by atoms with E-state index in [2.05, 4.69) is 10.1 Å². The number of Topliss-reactive ketones (excluding diaryl/α,β-unsaturated/α-hetero) is 1. The number of ether oxygens (including phenoxy) is 1. The van der Waals surface area contributed by atoms with Crippen LogP contribution in [0.4, 0.5) is 13.2 Å². The van der Waals surface area contributed by atoms with Crippen molar-refractivity contribution in [1.29, 1.82) is 0 Å². The van der Waals surface area contributed by atoms with E-state index in [1.54, 1.807) is 0 Å². The van der Waals surface area contributed by atoms with Gasteiger partial charge in [0.25, 0.3) is 0 Å². The fraction of sp³-hybridized carbons (Fsp3) is 0.350. The summed E-state index contributed by atoms with van der Waals surface area (Å²) < 4.78 is 41.4. The molecule has 0 amide bonds. The van der Waals surface area contributed by atoms with Gasteiger partial charge in [-0.2, -0.15) is 0 Å². The standard InChI is InChI=1S/C20H20F3NO3/c21-20(22,23)27-19-8-4-3-7-15(19)17(25)9-10-18(26)16-11-13-5-1-2-6-14(13)12-24-16/h1-8,16,18,24,26H,9-12H2/t16-,18+/m0/s1. The SMILES string of the molecule is O=C(CC[C@@H](O)[C@@H]1Cc2ccccc2CN1)c1ccccc1OC(F)(F)F. The largest absolute Gasteiger partial charge is 0.573 e. The Morgan fingerprint density at radius 1 is 1.15 bits per heavy atom. The maximum absolute atomic E-state index is 12.5. The van der Waals surface area contributed by atoms with Gasteiger partial charge < -0.3 is 15.2 Å². The first-order valence-electron chi connectivity index (χ1n) is 8.69. The summed E-state index contributed by atoms with van der Waals surface area (Å²) in [7, 11) is 0. The van der Waals surface area contributed by atoms with Crippen LogP contribution >= 0.6 is 0 Å². The van der Waals surface area contributed by atoms with Gasteiger partial charge in [0, 0.05) is 19.0 Å². The molecule has 0 fully saturated rings. The van der Waals surface area contributed by atoms with Crippen LogP contribution in [0.1, 0.15) is 34.3 Å². The Morgan fingerprint density at radius 3 is 2.56 bits per heavy atom. The zero-order valence-corrected chi connectivity index (χ0v) is 14.5. The van der Waals surface area contributed by atoms with Crippen molar-refractivity contribution < 1.29 is 27.8 Å². The van der Waals surface area contributed by atoms with Crippen molar-refractivity contribution in [2.75, 3.05) is 0 Å². The molecule has 0 aliphatic carbocycles. The summed E-state index contributed by atoms with van der Waals surface area (Å²) in [5, 5.41) is 13.7. The van der Waals surface area contributed by atoms with Crippen molar-refractivity contribution in [3.8, 4) is 5.75 Å². The van der Waals surface area contributed by atoms with Gasteiger partial charge in [0.05, 0.1) is 11.7 Å². The number of nitrogens with one attached hydrogen (secondary N) is 1. The van der Waals surface area contributed by atoms with Crippen molar-refractivity contribution in [2.45, 2.75) is 44.3 Å². The van der Waals surface area contributed by atoms with Gasteiger partial charge in [0.15, 0.2) is 5.78 Å². The second-order valence-electron chi connectivity index (χ2n) is 6.53. The molecule has 2 aromatic rings. The Morgan fingerprint density at radius 2 is 1.81 bits per heavy atom. The predicted octanol–water partition coefficient (Wildman–Crippen LogP) is 3.62. The van der Waals surface area contributed by atoms with Crippen molar-refractivity contribution in [3.05, 3.63) is 65.2 Å². The van der Waals surface area contributed by atoms with Crippen molar-refractivity contribution >= 4 is 5.78 Å². The van der Waals surface area contributed by atoms with Crippen molar-refractivity contribution in [3.63, 3.8) is 0 Å². The lowest BCUT2D eigenvalue weighted by atomic mass is 9.90. The topological polar surface area (TPSA) is 58.6 Å². The molecule has 1 aliphatic heterocycles. The average molecular weight is 379 g/mol. The van der Waals surface area contributed by atoms with Crippen LogP contribution < -0.4 is 10.1 Å². The van der Waals surface area contributed by atoms with Crippen LogP contribution in [0.15, 0.2) is 48.5 Å². The number of benzene rings is 2. The average Bonchev–Trinajstić information content (AvgIpc) is 2.64. The number of carbonyl (C=O) groups is 1. The van der Waals surface area contributed by atoms with Crippen molar-refractivity contribution in [1.82, 2.24) is 5.32 Å². The molecule has 0 saturated carbocycles. The highest BCUT2D eigenvalue weighted by atomic mass is 19.4. The van der Waals surface area contributed by atoms with Crippen LogP contribution in [0, 0.1) is 0 Å². The van der Waals surface area contributed by atoms with Gasteiger partial charge in [-0.1, -0.05) is 36.4 Å². The van der Waals surface area contributed by atoms with E-state index in [-0.39, 0.29) is 24.4 Å². The van der Waals surface area contributed by atoms with E-state index in [1.807, 2.05) is 24.3 Å². The lowest BCUT2D eigenvalue weighted by Gasteiger charge is -2.29. The van der Waals surface area contributed by atoms with E-state index in [4.69, 9.17) is 0 Å². The van der Waals surface area contributed by atoms with E-state index in [9.17, 15) is 23.1 Å². The van der Waals surface area contributed by atoms with E-state index in [0.717, 1.165) is 11.6 Å². The molecule has 1 aliphatic rings. The fourth-order valence-corrected chi connectivity index (χ4v) is 3.28. The summed E-state index contributed by atoms with van der Waals surface area (Å²) in [6.07, 6.45) is -4.93. The minimum atomic E-state index is -4.87.